The van der Waals surface area contributed by atoms with E-state index in [1.54, 1.807) is 0 Å². The normalized spacial score (nSPS) is 16.0. The minimum Gasteiger partial charge on any atom is -0.622 e. The lowest BCUT2D eigenvalue weighted by atomic mass is 10.0. The molecule has 2 aromatic carbocycles. The van der Waals surface area contributed by atoms with Gasteiger partial charge in [0.2, 0.25) is 0 Å². The smallest absolute Gasteiger partial charge is 0.141 e. The monoisotopic (exact) mass is 297 g/mol. The summed E-state index contributed by atoms with van der Waals surface area (Å²) in [5.74, 6) is 0. The highest BCUT2D eigenvalue weighted by Crippen LogP contribution is 2.41. The molecule has 3 rings (SSSR count). The lowest BCUT2D eigenvalue weighted by Gasteiger charge is -2.42. The number of hydrogen-bond donors (Lipinski definition) is 1. The summed E-state index contributed by atoms with van der Waals surface area (Å²) >= 11 is 0. The number of fused-ring (bicyclic) bond motifs is 2. The average molecular weight is 297 g/mol. The van der Waals surface area contributed by atoms with Crippen LogP contribution < -0.4 is 9.55 Å². The molecule has 116 valence electrons. The molecule has 0 saturated carbocycles. The fourth-order valence-corrected chi connectivity index (χ4v) is 3.44. The largest absolute Gasteiger partial charge is 0.622 e. The molecule has 0 atom stereocenters. The van der Waals surface area contributed by atoms with Gasteiger partial charge >= 0.3 is 0 Å². The van der Waals surface area contributed by atoms with Crippen LogP contribution in [-0.2, 0) is 12.8 Å². The first-order valence-electron chi connectivity index (χ1n) is 8.16. The predicted octanol–water partition coefficient (Wildman–Crippen LogP) is 2.46. The molecule has 0 radical (unpaired) electrons. The Morgan fingerprint density at radius 1 is 0.909 bits per heavy atom. The lowest BCUT2D eigenvalue weighted by Crippen LogP contribution is -3.05. The maximum absolute atomic E-state index is 13.9. The van der Waals surface area contributed by atoms with Crippen LogP contribution in [0, 0.1) is 5.21 Å². The average Bonchev–Trinajstić information content (AvgIpc) is 2.64. The summed E-state index contributed by atoms with van der Waals surface area (Å²) in [7, 11) is 4.28. The molecule has 1 aliphatic heterocycles. The molecule has 0 spiro atoms. The quantitative estimate of drug-likeness (QED) is 0.681. The van der Waals surface area contributed by atoms with Crippen molar-refractivity contribution in [2.45, 2.75) is 19.3 Å². The number of hydroxylamine groups is 1. The molecule has 0 amide bonds. The molecule has 0 aliphatic carbocycles. The summed E-state index contributed by atoms with van der Waals surface area (Å²) in [6, 6.07) is 16.3. The standard InChI is InChI=1S/C19H24N2O/c1-20(2)14-7-15-21(22)18-10-5-3-8-16(18)12-13-17-9-4-6-11-19(17)21/h3-6,8-11H,7,12-15H2,1-2H3/p+1. The molecule has 0 aromatic heterocycles. The van der Waals surface area contributed by atoms with E-state index < -0.39 is 0 Å². The summed E-state index contributed by atoms with van der Waals surface area (Å²) in [6.07, 6.45) is 2.83. The van der Waals surface area contributed by atoms with E-state index in [2.05, 4.69) is 26.2 Å². The van der Waals surface area contributed by atoms with E-state index in [-0.39, 0.29) is 4.65 Å². The number of nitrogens with one attached hydrogen (secondary N) is 1. The van der Waals surface area contributed by atoms with Gasteiger partial charge in [0.05, 0.1) is 27.2 Å². The number of nitrogens with zero attached hydrogens (tertiary/aromatic N) is 1. The number of quaternary nitrogens is 2. The Morgan fingerprint density at radius 2 is 1.41 bits per heavy atom. The highest BCUT2D eigenvalue weighted by atomic mass is 16.5. The van der Waals surface area contributed by atoms with Crippen LogP contribution in [0.4, 0.5) is 11.4 Å². The summed E-state index contributed by atoms with van der Waals surface area (Å²) in [4.78, 5) is 1.39. The fraction of sp³-hybridized carbons (Fsp3) is 0.368. The molecule has 2 aromatic rings. The highest BCUT2D eigenvalue weighted by Gasteiger charge is 2.31. The van der Waals surface area contributed by atoms with E-state index in [0.717, 1.165) is 37.2 Å². The van der Waals surface area contributed by atoms with Gasteiger partial charge in [-0.1, -0.05) is 36.4 Å². The molecule has 3 nitrogen and oxygen atoms in total. The van der Waals surface area contributed by atoms with Gasteiger partial charge in [-0.25, -0.2) is 0 Å². The third kappa shape index (κ3) is 2.80. The first-order valence-corrected chi connectivity index (χ1v) is 8.16. The van der Waals surface area contributed by atoms with Crippen molar-refractivity contribution < 1.29 is 4.90 Å². The third-order valence-electron chi connectivity index (χ3n) is 4.57. The fourth-order valence-electron chi connectivity index (χ4n) is 3.44. The van der Waals surface area contributed by atoms with Crippen molar-refractivity contribution >= 4 is 11.4 Å². The molecule has 0 bridgehead atoms. The van der Waals surface area contributed by atoms with Crippen LogP contribution >= 0.6 is 0 Å². The van der Waals surface area contributed by atoms with E-state index in [9.17, 15) is 5.21 Å². The van der Waals surface area contributed by atoms with Gasteiger partial charge in [0.1, 0.15) is 11.4 Å². The minimum atomic E-state index is -0.306. The van der Waals surface area contributed by atoms with Crippen LogP contribution in [0.3, 0.4) is 0 Å². The molecule has 1 N–H and O–H groups in total. The Bertz CT molecular complexity index is 604. The Hall–Kier alpha value is -1.68. The maximum atomic E-state index is 13.9. The maximum Gasteiger partial charge on any atom is 0.141 e. The van der Waals surface area contributed by atoms with E-state index >= 15 is 0 Å². The van der Waals surface area contributed by atoms with Gasteiger partial charge in [0.15, 0.2) is 0 Å². The second-order valence-corrected chi connectivity index (χ2v) is 6.53. The van der Waals surface area contributed by atoms with Crippen molar-refractivity contribution in [2.24, 2.45) is 0 Å². The highest BCUT2D eigenvalue weighted by molar-refractivity contribution is 5.67. The number of aryl methyl sites for hydroxylation is 2. The van der Waals surface area contributed by atoms with Gasteiger partial charge in [0.25, 0.3) is 0 Å². The van der Waals surface area contributed by atoms with Crippen LogP contribution in [0.15, 0.2) is 48.5 Å². The molecular weight excluding hydrogens is 272 g/mol. The number of rotatable bonds is 4. The molecule has 0 saturated heterocycles. The zero-order chi connectivity index (χ0) is 15.6. The third-order valence-corrected chi connectivity index (χ3v) is 4.57. The van der Waals surface area contributed by atoms with Crippen LogP contribution in [0.5, 0.6) is 0 Å². The summed E-state index contributed by atoms with van der Waals surface area (Å²) in [6.45, 7) is 1.63. The Labute approximate surface area is 133 Å². The minimum absolute atomic E-state index is 0.306. The predicted molar refractivity (Wildman–Crippen MR) is 92.3 cm³/mol. The Morgan fingerprint density at radius 3 is 1.91 bits per heavy atom. The second-order valence-electron chi connectivity index (χ2n) is 6.53. The van der Waals surface area contributed by atoms with Gasteiger partial charge in [-0.2, -0.15) is 0 Å². The van der Waals surface area contributed by atoms with Crippen molar-refractivity contribution in [1.29, 1.82) is 0 Å². The molecular formula is C19H25N2O+. The van der Waals surface area contributed by atoms with Crippen LogP contribution in [0.1, 0.15) is 17.5 Å². The first-order chi connectivity index (χ1) is 10.6. The number of benzene rings is 2. The molecule has 1 aliphatic rings. The van der Waals surface area contributed by atoms with Gasteiger partial charge in [-0.3, -0.25) is 4.65 Å². The topological polar surface area (TPSA) is 27.5 Å². The molecule has 22 heavy (non-hydrogen) atoms. The molecule has 3 heteroatoms. The summed E-state index contributed by atoms with van der Waals surface area (Å²) in [5, 5.41) is 13.9. The summed E-state index contributed by atoms with van der Waals surface area (Å²) < 4.78 is -0.306. The van der Waals surface area contributed by atoms with Crippen molar-refractivity contribution in [3.63, 3.8) is 0 Å². The van der Waals surface area contributed by atoms with E-state index in [4.69, 9.17) is 0 Å². The van der Waals surface area contributed by atoms with E-state index in [1.807, 2.05) is 36.4 Å². The lowest BCUT2D eigenvalue weighted by molar-refractivity contribution is -0.858. The zero-order valence-corrected chi connectivity index (χ0v) is 13.5. The van der Waals surface area contributed by atoms with Crippen molar-refractivity contribution in [3.05, 3.63) is 64.9 Å². The van der Waals surface area contributed by atoms with Crippen molar-refractivity contribution in [1.82, 2.24) is 4.65 Å². The first kappa shape index (κ1) is 15.2. The Balaban J connectivity index is 2.05. The molecule has 0 fully saturated rings. The van der Waals surface area contributed by atoms with Crippen LogP contribution in [0.25, 0.3) is 0 Å². The van der Waals surface area contributed by atoms with Crippen LogP contribution in [0.2, 0.25) is 0 Å². The van der Waals surface area contributed by atoms with Crippen molar-refractivity contribution in [3.8, 4) is 0 Å². The van der Waals surface area contributed by atoms with E-state index in [0.29, 0.717) is 6.54 Å². The zero-order valence-electron chi connectivity index (χ0n) is 13.5. The van der Waals surface area contributed by atoms with Gasteiger partial charge in [-0.05, 0) is 12.8 Å². The van der Waals surface area contributed by atoms with Gasteiger partial charge < -0.3 is 10.1 Å². The molecule has 0 unspecified atom stereocenters. The van der Waals surface area contributed by atoms with Gasteiger partial charge in [0, 0.05) is 29.7 Å². The Kier molecular flexibility index (Phi) is 4.30. The van der Waals surface area contributed by atoms with Crippen molar-refractivity contribution in [2.75, 3.05) is 27.2 Å². The molecule has 1 heterocycles. The van der Waals surface area contributed by atoms with Crippen LogP contribution in [-0.4, -0.2) is 27.2 Å². The van der Waals surface area contributed by atoms with E-state index in [1.165, 1.54) is 16.0 Å². The summed E-state index contributed by atoms with van der Waals surface area (Å²) in [5.41, 5.74) is 4.26. The number of hydrogen-bond acceptors (Lipinski definition) is 1. The number of para-hydroxylation sites is 2. The SMILES string of the molecule is C[NH+](C)CCC[N+]1([O-])c2ccccc2CCc2ccccc21. The van der Waals surface area contributed by atoms with Gasteiger partial charge in [-0.15, -0.1) is 0 Å². The second kappa shape index (κ2) is 6.21.